The molecule has 0 spiro atoms. The van der Waals surface area contributed by atoms with Crippen LogP contribution in [0.4, 0.5) is 5.69 Å². The first-order chi connectivity index (χ1) is 12.4. The second-order valence-corrected chi connectivity index (χ2v) is 8.48. The minimum absolute atomic E-state index is 0.0107. The number of likely N-dealkylation sites (tertiary alicyclic amines) is 1. The number of rotatable bonds is 5. The predicted molar refractivity (Wildman–Crippen MR) is 103 cm³/mol. The standard InChI is InChI=1S/C18H19BrN2O4S/c1-25-17-9-8-13(12-14(17)18(22)21-10-4-5-11-21)26(23,24)20-16-7-3-2-6-15(16)19/h2-3,6-9,12,20H,4-5,10-11H2,1H3. The van der Waals surface area contributed by atoms with Crippen LogP contribution >= 0.6 is 15.9 Å². The maximum Gasteiger partial charge on any atom is 0.261 e. The van der Waals surface area contributed by atoms with Gasteiger partial charge in [0.05, 0.1) is 23.3 Å². The van der Waals surface area contributed by atoms with Crippen LogP contribution in [0, 0.1) is 0 Å². The molecule has 0 unspecified atom stereocenters. The van der Waals surface area contributed by atoms with E-state index in [0.717, 1.165) is 12.8 Å². The summed E-state index contributed by atoms with van der Waals surface area (Å²) < 4.78 is 33.9. The molecule has 1 fully saturated rings. The molecule has 0 aromatic heterocycles. The summed E-state index contributed by atoms with van der Waals surface area (Å²) in [5.41, 5.74) is 0.681. The molecule has 1 saturated heterocycles. The van der Waals surface area contributed by atoms with Gasteiger partial charge < -0.3 is 9.64 Å². The molecule has 0 radical (unpaired) electrons. The second-order valence-electron chi connectivity index (χ2n) is 5.95. The van der Waals surface area contributed by atoms with Crippen LogP contribution < -0.4 is 9.46 Å². The number of hydrogen-bond acceptors (Lipinski definition) is 4. The largest absolute Gasteiger partial charge is 0.496 e. The van der Waals surface area contributed by atoms with Crippen LogP contribution in [-0.4, -0.2) is 39.4 Å². The number of carbonyl (C=O) groups is 1. The highest BCUT2D eigenvalue weighted by Gasteiger charge is 2.25. The van der Waals surface area contributed by atoms with Crippen molar-refractivity contribution in [1.29, 1.82) is 0 Å². The molecule has 26 heavy (non-hydrogen) atoms. The molecular weight excluding hydrogens is 420 g/mol. The van der Waals surface area contributed by atoms with Gasteiger partial charge in [0.1, 0.15) is 5.75 Å². The molecule has 2 aromatic rings. The van der Waals surface area contributed by atoms with Gasteiger partial charge in [-0.1, -0.05) is 12.1 Å². The Morgan fingerprint density at radius 1 is 1.15 bits per heavy atom. The summed E-state index contributed by atoms with van der Waals surface area (Å²) in [5, 5.41) is 0. The lowest BCUT2D eigenvalue weighted by Crippen LogP contribution is -2.28. The Kier molecular flexibility index (Phi) is 5.52. The van der Waals surface area contributed by atoms with Crippen molar-refractivity contribution in [2.45, 2.75) is 17.7 Å². The van der Waals surface area contributed by atoms with E-state index in [1.54, 1.807) is 29.2 Å². The first kappa shape index (κ1) is 18.7. The molecule has 6 nitrogen and oxygen atoms in total. The Balaban J connectivity index is 1.96. The molecule has 0 saturated carbocycles. The minimum atomic E-state index is -3.85. The normalized spacial score (nSPS) is 14.3. The first-order valence-electron chi connectivity index (χ1n) is 8.17. The van der Waals surface area contributed by atoms with Crippen LogP contribution in [0.2, 0.25) is 0 Å². The van der Waals surface area contributed by atoms with Gasteiger partial charge in [-0.05, 0) is 59.1 Å². The third-order valence-corrected chi connectivity index (χ3v) is 6.28. The van der Waals surface area contributed by atoms with Gasteiger partial charge >= 0.3 is 0 Å². The SMILES string of the molecule is COc1ccc(S(=O)(=O)Nc2ccccc2Br)cc1C(=O)N1CCCC1. The van der Waals surface area contributed by atoms with Crippen molar-refractivity contribution >= 4 is 37.5 Å². The number of anilines is 1. The molecule has 138 valence electrons. The van der Waals surface area contributed by atoms with Crippen molar-refractivity contribution in [2.75, 3.05) is 24.9 Å². The van der Waals surface area contributed by atoms with Gasteiger partial charge in [-0.3, -0.25) is 9.52 Å². The van der Waals surface area contributed by atoms with Gasteiger partial charge in [-0.2, -0.15) is 0 Å². The average molecular weight is 439 g/mol. The molecular formula is C18H19BrN2O4S. The Bertz CT molecular complexity index is 925. The van der Waals surface area contributed by atoms with Crippen molar-refractivity contribution in [3.8, 4) is 5.75 Å². The molecule has 0 bridgehead atoms. The van der Waals surface area contributed by atoms with Crippen LogP contribution in [-0.2, 0) is 10.0 Å². The number of ether oxygens (including phenoxy) is 1. The predicted octanol–water partition coefficient (Wildman–Crippen LogP) is 3.49. The molecule has 8 heteroatoms. The number of amides is 1. The number of sulfonamides is 1. The van der Waals surface area contributed by atoms with Crippen molar-refractivity contribution in [3.63, 3.8) is 0 Å². The van der Waals surface area contributed by atoms with E-state index in [9.17, 15) is 13.2 Å². The summed E-state index contributed by atoms with van der Waals surface area (Å²) in [5.74, 6) is 0.152. The third-order valence-electron chi connectivity index (χ3n) is 4.22. The number of methoxy groups -OCH3 is 1. The van der Waals surface area contributed by atoms with E-state index in [2.05, 4.69) is 20.7 Å². The van der Waals surface area contributed by atoms with Gasteiger partial charge in [0.15, 0.2) is 0 Å². The van der Waals surface area contributed by atoms with Gasteiger partial charge in [-0.25, -0.2) is 8.42 Å². The highest BCUT2D eigenvalue weighted by molar-refractivity contribution is 9.10. The topological polar surface area (TPSA) is 75.7 Å². The molecule has 0 atom stereocenters. The summed E-state index contributed by atoms with van der Waals surface area (Å²) in [6, 6.07) is 11.2. The van der Waals surface area contributed by atoms with Gasteiger partial charge in [-0.15, -0.1) is 0 Å². The second kappa shape index (κ2) is 7.67. The highest BCUT2D eigenvalue weighted by atomic mass is 79.9. The molecule has 2 aromatic carbocycles. The zero-order valence-electron chi connectivity index (χ0n) is 14.2. The van der Waals surface area contributed by atoms with Crippen LogP contribution in [0.3, 0.4) is 0 Å². The fourth-order valence-electron chi connectivity index (χ4n) is 2.86. The van der Waals surface area contributed by atoms with Crippen molar-refractivity contribution in [2.24, 2.45) is 0 Å². The van der Waals surface area contributed by atoms with E-state index in [0.29, 0.717) is 29.0 Å². The number of halogens is 1. The maximum atomic E-state index is 12.8. The van der Waals surface area contributed by atoms with Gasteiger partial charge in [0.2, 0.25) is 0 Å². The third kappa shape index (κ3) is 3.86. The van der Waals surface area contributed by atoms with Crippen LogP contribution in [0.5, 0.6) is 5.75 Å². The van der Waals surface area contributed by atoms with Crippen LogP contribution in [0.1, 0.15) is 23.2 Å². The lowest BCUT2D eigenvalue weighted by Gasteiger charge is -2.18. The Hall–Kier alpha value is -2.06. The van der Waals surface area contributed by atoms with Crippen LogP contribution in [0.15, 0.2) is 51.8 Å². The lowest BCUT2D eigenvalue weighted by molar-refractivity contribution is 0.0789. The van der Waals surface area contributed by atoms with E-state index in [4.69, 9.17) is 4.74 Å². The van der Waals surface area contributed by atoms with Gasteiger partial charge in [0.25, 0.3) is 15.9 Å². The number of para-hydroxylation sites is 1. The van der Waals surface area contributed by atoms with Crippen molar-refractivity contribution in [3.05, 3.63) is 52.5 Å². The summed E-state index contributed by atoms with van der Waals surface area (Å²) in [7, 11) is -2.38. The molecule has 0 aliphatic carbocycles. The number of benzene rings is 2. The summed E-state index contributed by atoms with van der Waals surface area (Å²) in [6.07, 6.45) is 1.91. The van der Waals surface area contributed by atoms with Crippen LogP contribution in [0.25, 0.3) is 0 Å². The summed E-state index contributed by atoms with van der Waals surface area (Å²) in [4.78, 5) is 14.5. The van der Waals surface area contributed by atoms with Crippen molar-refractivity contribution < 1.29 is 17.9 Å². The number of nitrogens with one attached hydrogen (secondary N) is 1. The van der Waals surface area contributed by atoms with E-state index < -0.39 is 10.0 Å². The van der Waals surface area contributed by atoms with Gasteiger partial charge in [0, 0.05) is 17.6 Å². The van der Waals surface area contributed by atoms with E-state index >= 15 is 0 Å². The smallest absolute Gasteiger partial charge is 0.261 e. The molecule has 1 amide bonds. The van der Waals surface area contributed by atoms with E-state index in [1.807, 2.05) is 0 Å². The molecule has 1 aliphatic heterocycles. The number of nitrogens with zero attached hydrogens (tertiary/aromatic N) is 1. The Labute approximate surface area is 161 Å². The van der Waals surface area contributed by atoms with E-state index in [-0.39, 0.29) is 16.4 Å². The fraction of sp³-hybridized carbons (Fsp3) is 0.278. The monoisotopic (exact) mass is 438 g/mol. The number of carbonyl (C=O) groups excluding carboxylic acids is 1. The fourth-order valence-corrected chi connectivity index (χ4v) is 4.48. The molecule has 1 heterocycles. The lowest BCUT2D eigenvalue weighted by atomic mass is 10.1. The Morgan fingerprint density at radius 3 is 2.50 bits per heavy atom. The number of hydrogen-bond donors (Lipinski definition) is 1. The summed E-state index contributed by atoms with van der Waals surface area (Å²) >= 11 is 3.32. The molecule has 1 N–H and O–H groups in total. The van der Waals surface area contributed by atoms with Crippen molar-refractivity contribution in [1.82, 2.24) is 4.90 Å². The highest BCUT2D eigenvalue weighted by Crippen LogP contribution is 2.28. The summed E-state index contributed by atoms with van der Waals surface area (Å²) in [6.45, 7) is 1.35. The minimum Gasteiger partial charge on any atom is -0.496 e. The average Bonchev–Trinajstić information content (AvgIpc) is 3.17. The zero-order valence-corrected chi connectivity index (χ0v) is 16.6. The first-order valence-corrected chi connectivity index (χ1v) is 10.4. The molecule has 1 aliphatic rings. The Morgan fingerprint density at radius 2 is 1.85 bits per heavy atom. The quantitative estimate of drug-likeness (QED) is 0.774. The molecule has 3 rings (SSSR count). The maximum absolute atomic E-state index is 12.8. The van der Waals surface area contributed by atoms with E-state index in [1.165, 1.54) is 25.3 Å². The zero-order chi connectivity index (χ0) is 18.7.